The predicted molar refractivity (Wildman–Crippen MR) is 117 cm³/mol. The lowest BCUT2D eigenvalue weighted by Gasteiger charge is -2.11. The van der Waals surface area contributed by atoms with Crippen molar-refractivity contribution >= 4 is 51.3 Å². The van der Waals surface area contributed by atoms with Gasteiger partial charge in [0.1, 0.15) is 0 Å². The van der Waals surface area contributed by atoms with Crippen molar-refractivity contribution in [2.24, 2.45) is 10.1 Å². The average molecular weight is 509 g/mol. The molecule has 0 radical (unpaired) electrons. The van der Waals surface area contributed by atoms with Crippen molar-refractivity contribution in [1.29, 1.82) is 0 Å². The van der Waals surface area contributed by atoms with E-state index in [2.05, 4.69) is 27.5 Å². The minimum atomic E-state index is -3.66. The van der Waals surface area contributed by atoms with Crippen molar-refractivity contribution in [3.8, 4) is 0 Å². The van der Waals surface area contributed by atoms with Crippen LogP contribution in [0.3, 0.4) is 0 Å². The number of aliphatic imine (C=N–C) groups is 1. The molecule has 0 aliphatic rings. The Kier molecular flexibility index (Phi) is 9.47. The summed E-state index contributed by atoms with van der Waals surface area (Å²) in [6.07, 6.45) is 3.78. The second-order valence-corrected chi connectivity index (χ2v) is 8.13. The number of rotatable bonds is 7. The summed E-state index contributed by atoms with van der Waals surface area (Å²) in [6, 6.07) is 6.44. The molecule has 0 saturated heterocycles. The largest absolute Gasteiger partial charge is 0.356 e. The molecule has 1 aromatic carbocycles. The summed E-state index contributed by atoms with van der Waals surface area (Å²) in [5, 5.41) is 12.6. The van der Waals surface area contributed by atoms with Gasteiger partial charge in [0.05, 0.1) is 9.90 Å². The number of benzene rings is 1. The fraction of sp³-hybridized carbons (Fsp3) is 0.375. The molecule has 144 valence electrons. The molecule has 1 heterocycles. The number of hydrogen-bond donors (Lipinski definition) is 3. The van der Waals surface area contributed by atoms with E-state index in [-0.39, 0.29) is 28.9 Å². The minimum absolute atomic E-state index is 0. The van der Waals surface area contributed by atoms with Crippen LogP contribution in [0.1, 0.15) is 22.4 Å². The lowest BCUT2D eigenvalue weighted by Crippen LogP contribution is -2.37. The fourth-order valence-electron chi connectivity index (χ4n) is 2.12. The highest BCUT2D eigenvalue weighted by Gasteiger charge is 2.07. The van der Waals surface area contributed by atoms with Gasteiger partial charge in [0, 0.05) is 37.6 Å². The number of hydrogen-bond acceptors (Lipinski definition) is 5. The van der Waals surface area contributed by atoms with E-state index in [1.807, 2.05) is 6.20 Å². The maximum Gasteiger partial charge on any atom is 0.238 e. The maximum absolute atomic E-state index is 11.2. The molecule has 10 heteroatoms. The molecule has 0 fully saturated rings. The summed E-state index contributed by atoms with van der Waals surface area (Å²) in [5.41, 5.74) is 0.933. The molecule has 0 atom stereocenters. The predicted octanol–water partition coefficient (Wildman–Crippen LogP) is 1.88. The number of aryl methyl sites for hydroxylation is 1. The Morgan fingerprint density at radius 1 is 1.27 bits per heavy atom. The normalized spacial score (nSPS) is 11.7. The van der Waals surface area contributed by atoms with Crippen molar-refractivity contribution in [3.05, 3.63) is 45.9 Å². The summed E-state index contributed by atoms with van der Waals surface area (Å²) < 4.78 is 22.5. The standard InChI is InChI=1S/C16H23N5O2S2.HI/c1-3-13-11-20-15(24-13)8-9-19-16(18-2)21-10-12-4-6-14(7-5-12)25(17,22)23;/h4-7,11H,3,8-10H2,1-2H3,(H2,17,22,23)(H2,18,19,21);1H. The first-order valence-electron chi connectivity index (χ1n) is 7.92. The molecule has 0 bridgehead atoms. The van der Waals surface area contributed by atoms with E-state index in [0.717, 1.165) is 30.0 Å². The van der Waals surface area contributed by atoms with Crippen LogP contribution in [0.2, 0.25) is 0 Å². The van der Waals surface area contributed by atoms with Crippen LogP contribution in [0.4, 0.5) is 0 Å². The summed E-state index contributed by atoms with van der Waals surface area (Å²) in [4.78, 5) is 9.96. The molecule has 1 aromatic heterocycles. The summed E-state index contributed by atoms with van der Waals surface area (Å²) in [5.74, 6) is 0.683. The molecule has 0 spiro atoms. The number of nitrogens with zero attached hydrogens (tertiary/aromatic N) is 2. The molecule has 0 saturated carbocycles. The van der Waals surface area contributed by atoms with Crippen molar-refractivity contribution < 1.29 is 8.42 Å². The molecular weight excluding hydrogens is 485 g/mol. The lowest BCUT2D eigenvalue weighted by atomic mass is 10.2. The van der Waals surface area contributed by atoms with Crippen molar-refractivity contribution in [2.75, 3.05) is 13.6 Å². The Morgan fingerprint density at radius 3 is 2.50 bits per heavy atom. The van der Waals surface area contributed by atoms with Crippen LogP contribution in [0.5, 0.6) is 0 Å². The topological polar surface area (TPSA) is 109 Å². The molecular formula is C16H24IN5O2S2. The Labute approximate surface area is 175 Å². The zero-order valence-electron chi connectivity index (χ0n) is 14.7. The van der Waals surface area contributed by atoms with Gasteiger partial charge >= 0.3 is 0 Å². The number of thiazole rings is 1. The van der Waals surface area contributed by atoms with Crippen LogP contribution in [0.25, 0.3) is 0 Å². The van der Waals surface area contributed by atoms with Crippen molar-refractivity contribution in [2.45, 2.75) is 31.2 Å². The van der Waals surface area contributed by atoms with Gasteiger partial charge in [-0.1, -0.05) is 19.1 Å². The Balaban J connectivity index is 0.00000338. The number of nitrogens with one attached hydrogen (secondary N) is 2. The van der Waals surface area contributed by atoms with Gasteiger partial charge in [-0.05, 0) is 24.1 Å². The average Bonchev–Trinajstić information content (AvgIpc) is 3.05. The number of nitrogens with two attached hydrogens (primary N) is 1. The van der Waals surface area contributed by atoms with E-state index in [9.17, 15) is 8.42 Å². The van der Waals surface area contributed by atoms with Crippen LogP contribution in [0, 0.1) is 0 Å². The highest BCUT2D eigenvalue weighted by molar-refractivity contribution is 14.0. The molecule has 0 aliphatic carbocycles. The molecule has 2 rings (SSSR count). The third-order valence-electron chi connectivity index (χ3n) is 3.52. The maximum atomic E-state index is 11.2. The van der Waals surface area contributed by atoms with E-state index < -0.39 is 10.0 Å². The number of primary sulfonamides is 1. The zero-order chi connectivity index (χ0) is 18.3. The molecule has 26 heavy (non-hydrogen) atoms. The van der Waals surface area contributed by atoms with Crippen LogP contribution >= 0.6 is 35.3 Å². The molecule has 2 aromatic rings. The Hall–Kier alpha value is -1.24. The first-order valence-corrected chi connectivity index (χ1v) is 10.3. The Bertz CT molecular complexity index is 819. The van der Waals surface area contributed by atoms with Crippen LogP contribution in [0.15, 0.2) is 40.4 Å². The summed E-state index contributed by atoms with van der Waals surface area (Å²) in [7, 11) is -1.95. The van der Waals surface area contributed by atoms with Crippen LogP contribution in [-0.2, 0) is 29.4 Å². The van der Waals surface area contributed by atoms with Gasteiger partial charge in [0.15, 0.2) is 5.96 Å². The lowest BCUT2D eigenvalue weighted by molar-refractivity contribution is 0.597. The second-order valence-electron chi connectivity index (χ2n) is 5.37. The fourth-order valence-corrected chi connectivity index (χ4v) is 3.50. The monoisotopic (exact) mass is 509 g/mol. The SMILES string of the molecule is CCc1cnc(CCNC(=NC)NCc2ccc(S(N)(=O)=O)cc2)s1.I. The molecule has 0 amide bonds. The third-order valence-corrected chi connectivity index (χ3v) is 5.65. The van der Waals surface area contributed by atoms with Gasteiger partial charge in [-0.15, -0.1) is 35.3 Å². The zero-order valence-corrected chi connectivity index (χ0v) is 18.7. The van der Waals surface area contributed by atoms with Gasteiger partial charge < -0.3 is 10.6 Å². The number of aromatic nitrogens is 1. The van der Waals surface area contributed by atoms with E-state index in [1.54, 1.807) is 30.5 Å². The van der Waals surface area contributed by atoms with Gasteiger partial charge in [-0.25, -0.2) is 18.5 Å². The van der Waals surface area contributed by atoms with E-state index >= 15 is 0 Å². The molecule has 7 nitrogen and oxygen atoms in total. The minimum Gasteiger partial charge on any atom is -0.356 e. The van der Waals surface area contributed by atoms with Gasteiger partial charge in [0.25, 0.3) is 0 Å². The molecule has 4 N–H and O–H groups in total. The first kappa shape index (κ1) is 22.8. The molecule has 0 aliphatic heterocycles. The summed E-state index contributed by atoms with van der Waals surface area (Å²) >= 11 is 1.73. The van der Waals surface area contributed by atoms with E-state index in [1.165, 1.54) is 17.0 Å². The van der Waals surface area contributed by atoms with Gasteiger partial charge in [-0.3, -0.25) is 4.99 Å². The third kappa shape index (κ3) is 7.17. The van der Waals surface area contributed by atoms with Crippen molar-refractivity contribution in [1.82, 2.24) is 15.6 Å². The smallest absolute Gasteiger partial charge is 0.238 e. The van der Waals surface area contributed by atoms with E-state index in [4.69, 9.17) is 5.14 Å². The highest BCUT2D eigenvalue weighted by Crippen LogP contribution is 2.13. The Morgan fingerprint density at radius 2 is 1.96 bits per heavy atom. The number of sulfonamides is 1. The molecule has 0 unspecified atom stereocenters. The van der Waals surface area contributed by atoms with Crippen molar-refractivity contribution in [3.63, 3.8) is 0 Å². The second kappa shape index (κ2) is 10.8. The van der Waals surface area contributed by atoms with Crippen LogP contribution in [-0.4, -0.2) is 33.0 Å². The number of halogens is 1. The van der Waals surface area contributed by atoms with Crippen LogP contribution < -0.4 is 15.8 Å². The quantitative estimate of drug-likeness (QED) is 0.300. The van der Waals surface area contributed by atoms with E-state index in [0.29, 0.717) is 12.5 Å². The number of guanidine groups is 1. The highest BCUT2D eigenvalue weighted by atomic mass is 127. The van der Waals surface area contributed by atoms with Gasteiger partial charge in [-0.2, -0.15) is 0 Å². The summed E-state index contributed by atoms with van der Waals surface area (Å²) in [6.45, 7) is 3.39. The van der Waals surface area contributed by atoms with Gasteiger partial charge in [0.2, 0.25) is 10.0 Å². The first-order chi connectivity index (χ1) is 11.9.